The van der Waals surface area contributed by atoms with Crippen LogP contribution in [0.3, 0.4) is 0 Å². The highest BCUT2D eigenvalue weighted by atomic mass is 16.3. The minimum atomic E-state index is -0.413. The lowest BCUT2D eigenvalue weighted by atomic mass is 10.0. The molecule has 0 aliphatic carbocycles. The van der Waals surface area contributed by atoms with Gasteiger partial charge in [-0.15, -0.1) is 0 Å². The summed E-state index contributed by atoms with van der Waals surface area (Å²) in [7, 11) is 0. The first-order chi connectivity index (χ1) is 12.1. The van der Waals surface area contributed by atoms with Gasteiger partial charge in [0.05, 0.1) is 12.5 Å². The van der Waals surface area contributed by atoms with Crippen LogP contribution in [0.1, 0.15) is 40.4 Å². The molecule has 0 fully saturated rings. The largest absolute Gasteiger partial charge is 0.396 e. The Balaban J connectivity index is 2.07. The monoisotopic (exact) mass is 340 g/mol. The molecule has 0 aromatic heterocycles. The molecule has 3 N–H and O–H groups in total. The SMILES string of the molecule is Cc1ccc(C(=O)NC(CC(=O)NCCCO)c2ccccc2)cc1. The summed E-state index contributed by atoms with van der Waals surface area (Å²) in [6, 6.07) is 16.3. The quantitative estimate of drug-likeness (QED) is 0.646. The molecule has 1 unspecified atom stereocenters. The number of aryl methyl sites for hydroxylation is 1. The van der Waals surface area contributed by atoms with Crippen LogP contribution in [0, 0.1) is 6.92 Å². The Labute approximate surface area is 148 Å². The van der Waals surface area contributed by atoms with Crippen LogP contribution in [0.2, 0.25) is 0 Å². The van der Waals surface area contributed by atoms with E-state index in [1.807, 2.05) is 49.4 Å². The zero-order chi connectivity index (χ0) is 18.1. The maximum absolute atomic E-state index is 12.5. The zero-order valence-electron chi connectivity index (χ0n) is 14.4. The van der Waals surface area contributed by atoms with Crippen molar-refractivity contribution in [3.63, 3.8) is 0 Å². The highest BCUT2D eigenvalue weighted by Crippen LogP contribution is 2.17. The molecule has 0 heterocycles. The number of hydrogen-bond acceptors (Lipinski definition) is 3. The van der Waals surface area contributed by atoms with Crippen molar-refractivity contribution in [2.45, 2.75) is 25.8 Å². The van der Waals surface area contributed by atoms with Crippen LogP contribution < -0.4 is 10.6 Å². The third kappa shape index (κ3) is 6.04. The van der Waals surface area contributed by atoms with E-state index < -0.39 is 6.04 Å². The Bertz CT molecular complexity index is 684. The number of carbonyl (C=O) groups excluding carboxylic acids is 2. The van der Waals surface area contributed by atoms with Gasteiger partial charge in [0.15, 0.2) is 0 Å². The van der Waals surface area contributed by atoms with Gasteiger partial charge in [-0.25, -0.2) is 0 Å². The lowest BCUT2D eigenvalue weighted by Crippen LogP contribution is -2.34. The van der Waals surface area contributed by atoms with Gasteiger partial charge in [-0.1, -0.05) is 48.0 Å². The Morgan fingerprint density at radius 3 is 2.36 bits per heavy atom. The summed E-state index contributed by atoms with van der Waals surface area (Å²) in [5, 5.41) is 14.5. The van der Waals surface area contributed by atoms with Crippen molar-refractivity contribution in [3.8, 4) is 0 Å². The number of aliphatic hydroxyl groups is 1. The fourth-order valence-electron chi connectivity index (χ4n) is 2.45. The van der Waals surface area contributed by atoms with E-state index in [9.17, 15) is 9.59 Å². The Morgan fingerprint density at radius 2 is 1.72 bits per heavy atom. The molecular weight excluding hydrogens is 316 g/mol. The molecule has 1 atom stereocenters. The molecule has 2 aromatic rings. The van der Waals surface area contributed by atoms with Crippen molar-refractivity contribution in [2.24, 2.45) is 0 Å². The molecule has 2 amide bonds. The van der Waals surface area contributed by atoms with E-state index in [2.05, 4.69) is 10.6 Å². The third-order valence-electron chi connectivity index (χ3n) is 3.87. The van der Waals surface area contributed by atoms with Crippen molar-refractivity contribution in [3.05, 3.63) is 71.3 Å². The predicted octanol–water partition coefficient (Wildman–Crippen LogP) is 2.35. The highest BCUT2D eigenvalue weighted by molar-refractivity contribution is 5.94. The fourth-order valence-corrected chi connectivity index (χ4v) is 2.45. The lowest BCUT2D eigenvalue weighted by Gasteiger charge is -2.19. The van der Waals surface area contributed by atoms with Crippen molar-refractivity contribution < 1.29 is 14.7 Å². The number of rotatable bonds is 8. The normalized spacial score (nSPS) is 11.6. The molecule has 132 valence electrons. The van der Waals surface area contributed by atoms with Crippen molar-refractivity contribution >= 4 is 11.8 Å². The predicted molar refractivity (Wildman–Crippen MR) is 97.2 cm³/mol. The van der Waals surface area contributed by atoms with Crippen LogP contribution in [0.25, 0.3) is 0 Å². The standard InChI is InChI=1S/C20H24N2O3/c1-15-8-10-17(11-9-15)20(25)22-18(16-6-3-2-4-7-16)14-19(24)21-12-5-13-23/h2-4,6-11,18,23H,5,12-14H2,1H3,(H,21,24)(H,22,25). The first-order valence-electron chi connectivity index (χ1n) is 8.40. The molecule has 0 aliphatic rings. The smallest absolute Gasteiger partial charge is 0.251 e. The summed E-state index contributed by atoms with van der Waals surface area (Å²) in [5.74, 6) is -0.372. The molecule has 0 bridgehead atoms. The fraction of sp³-hybridized carbons (Fsp3) is 0.300. The molecule has 5 heteroatoms. The van der Waals surface area contributed by atoms with E-state index >= 15 is 0 Å². The van der Waals surface area contributed by atoms with Crippen LogP contribution >= 0.6 is 0 Å². The second-order valence-electron chi connectivity index (χ2n) is 5.93. The second kappa shape index (κ2) is 9.59. The molecule has 0 radical (unpaired) electrons. The maximum atomic E-state index is 12.5. The topological polar surface area (TPSA) is 78.4 Å². The number of nitrogens with one attached hydrogen (secondary N) is 2. The first-order valence-corrected chi connectivity index (χ1v) is 8.40. The Kier molecular flexibility index (Phi) is 7.16. The van der Waals surface area contributed by atoms with Gasteiger partial charge >= 0.3 is 0 Å². The average Bonchev–Trinajstić information content (AvgIpc) is 2.62. The summed E-state index contributed by atoms with van der Waals surface area (Å²) in [6.07, 6.45) is 0.657. The molecule has 25 heavy (non-hydrogen) atoms. The van der Waals surface area contributed by atoms with Crippen LogP contribution in [0.4, 0.5) is 0 Å². The summed E-state index contributed by atoms with van der Waals surface area (Å²) < 4.78 is 0. The Hall–Kier alpha value is -2.66. The summed E-state index contributed by atoms with van der Waals surface area (Å²) in [4.78, 5) is 24.6. The second-order valence-corrected chi connectivity index (χ2v) is 5.93. The van der Waals surface area contributed by atoms with E-state index in [1.165, 1.54) is 0 Å². The zero-order valence-corrected chi connectivity index (χ0v) is 14.4. The summed E-state index contributed by atoms with van der Waals surface area (Å²) >= 11 is 0. The summed E-state index contributed by atoms with van der Waals surface area (Å²) in [5.41, 5.74) is 2.52. The van der Waals surface area contributed by atoms with E-state index in [0.717, 1.165) is 11.1 Å². The number of carbonyl (C=O) groups is 2. The van der Waals surface area contributed by atoms with Crippen molar-refractivity contribution in [2.75, 3.05) is 13.2 Å². The van der Waals surface area contributed by atoms with Gasteiger partial charge in [0.1, 0.15) is 0 Å². The third-order valence-corrected chi connectivity index (χ3v) is 3.87. The van der Waals surface area contributed by atoms with Gasteiger partial charge in [0.2, 0.25) is 5.91 Å². The van der Waals surface area contributed by atoms with Gasteiger partial charge in [-0.05, 0) is 31.0 Å². The van der Waals surface area contributed by atoms with E-state index in [4.69, 9.17) is 5.11 Å². The van der Waals surface area contributed by atoms with Gasteiger partial charge in [-0.3, -0.25) is 9.59 Å². The molecule has 0 aliphatic heterocycles. The first kappa shape index (κ1) is 18.7. The summed E-state index contributed by atoms with van der Waals surface area (Å²) in [6.45, 7) is 2.42. The van der Waals surface area contributed by atoms with E-state index in [1.54, 1.807) is 12.1 Å². The molecule has 5 nitrogen and oxygen atoms in total. The maximum Gasteiger partial charge on any atom is 0.251 e. The Morgan fingerprint density at radius 1 is 1.04 bits per heavy atom. The molecule has 2 aromatic carbocycles. The van der Waals surface area contributed by atoms with E-state index in [-0.39, 0.29) is 24.8 Å². The van der Waals surface area contributed by atoms with Crippen molar-refractivity contribution in [1.82, 2.24) is 10.6 Å². The molecule has 0 saturated carbocycles. The minimum Gasteiger partial charge on any atom is -0.396 e. The van der Waals surface area contributed by atoms with Crippen LogP contribution in [0.15, 0.2) is 54.6 Å². The van der Waals surface area contributed by atoms with Gasteiger partial charge in [-0.2, -0.15) is 0 Å². The molecule has 0 saturated heterocycles. The van der Waals surface area contributed by atoms with Gasteiger partial charge < -0.3 is 15.7 Å². The van der Waals surface area contributed by atoms with Gasteiger partial charge in [0.25, 0.3) is 5.91 Å². The highest BCUT2D eigenvalue weighted by Gasteiger charge is 2.19. The number of hydrogen-bond donors (Lipinski definition) is 3. The minimum absolute atomic E-state index is 0.0343. The molecular formula is C20H24N2O3. The average molecular weight is 340 g/mol. The van der Waals surface area contributed by atoms with Crippen molar-refractivity contribution in [1.29, 1.82) is 0 Å². The number of benzene rings is 2. The molecule has 0 spiro atoms. The number of amides is 2. The van der Waals surface area contributed by atoms with Crippen LogP contribution in [-0.4, -0.2) is 30.1 Å². The van der Waals surface area contributed by atoms with Gasteiger partial charge in [0, 0.05) is 18.7 Å². The van der Waals surface area contributed by atoms with Crippen LogP contribution in [-0.2, 0) is 4.79 Å². The lowest BCUT2D eigenvalue weighted by molar-refractivity contribution is -0.121. The molecule has 2 rings (SSSR count). The van der Waals surface area contributed by atoms with Crippen LogP contribution in [0.5, 0.6) is 0 Å². The number of aliphatic hydroxyl groups excluding tert-OH is 1. The van der Waals surface area contributed by atoms with E-state index in [0.29, 0.717) is 18.5 Å².